The Kier molecular flexibility index (Phi) is 7.12. The normalized spacial score (nSPS) is 53.9. The van der Waals surface area contributed by atoms with Gasteiger partial charge in [0.25, 0.3) is 0 Å². The van der Waals surface area contributed by atoms with Crippen molar-refractivity contribution in [2.75, 3.05) is 19.8 Å². The molecule has 13 heteroatoms. The monoisotopic (exact) mass is 428 g/mol. The van der Waals surface area contributed by atoms with Crippen molar-refractivity contribution < 1.29 is 64.5 Å². The maximum Gasteiger partial charge on any atom is 0.187 e. The maximum absolute atomic E-state index is 10.6. The lowest BCUT2D eigenvalue weighted by Gasteiger charge is -2.45. The smallest absolute Gasteiger partial charge is 0.187 e. The Labute approximate surface area is 165 Å². The standard InChI is InChI=1S/C16H28O13/c1-5-7(19)10(28-15-12(22)16(24,3-17)4-26-15)9(21)14(27-5)29-11-8(20)6(18)2-25-13(11)23/h5-15,17-24H,2-4H2,1H3/t5-,6-,7-,8-,9+,10+,11+,12-,13+,14-,15-,16+/m0/s1. The first kappa shape index (κ1) is 23.1. The Morgan fingerprint density at radius 2 is 1.55 bits per heavy atom. The first-order chi connectivity index (χ1) is 13.6. The predicted molar refractivity (Wildman–Crippen MR) is 87.8 cm³/mol. The van der Waals surface area contributed by atoms with Gasteiger partial charge >= 0.3 is 0 Å². The fourth-order valence-corrected chi connectivity index (χ4v) is 3.41. The van der Waals surface area contributed by atoms with Gasteiger partial charge in [0.15, 0.2) is 18.9 Å². The molecule has 0 unspecified atom stereocenters. The van der Waals surface area contributed by atoms with Crippen LogP contribution >= 0.6 is 0 Å². The molecule has 3 aliphatic heterocycles. The molecule has 0 radical (unpaired) electrons. The van der Waals surface area contributed by atoms with Gasteiger partial charge < -0.3 is 64.5 Å². The minimum atomic E-state index is -1.96. The summed E-state index contributed by atoms with van der Waals surface area (Å²) in [6.07, 6.45) is -16.0. The molecule has 13 nitrogen and oxygen atoms in total. The van der Waals surface area contributed by atoms with Crippen LogP contribution in [0.1, 0.15) is 6.92 Å². The fraction of sp³-hybridized carbons (Fsp3) is 1.00. The average molecular weight is 428 g/mol. The first-order valence-corrected chi connectivity index (χ1v) is 9.20. The first-order valence-electron chi connectivity index (χ1n) is 9.20. The largest absolute Gasteiger partial charge is 0.393 e. The molecule has 0 aromatic carbocycles. The van der Waals surface area contributed by atoms with E-state index in [0.29, 0.717) is 0 Å². The molecule has 0 aromatic heterocycles. The lowest BCUT2D eigenvalue weighted by Crippen LogP contribution is -2.63. The van der Waals surface area contributed by atoms with Gasteiger partial charge in [-0.25, -0.2) is 0 Å². The van der Waals surface area contributed by atoms with Crippen LogP contribution in [0.2, 0.25) is 0 Å². The topological polar surface area (TPSA) is 208 Å². The van der Waals surface area contributed by atoms with Gasteiger partial charge in [0.2, 0.25) is 0 Å². The van der Waals surface area contributed by atoms with Gasteiger partial charge in [-0.05, 0) is 6.92 Å². The van der Waals surface area contributed by atoms with E-state index in [1.165, 1.54) is 6.92 Å². The van der Waals surface area contributed by atoms with E-state index in [1.807, 2.05) is 0 Å². The zero-order valence-corrected chi connectivity index (χ0v) is 15.6. The molecule has 0 bridgehead atoms. The number of aliphatic hydroxyl groups is 8. The van der Waals surface area contributed by atoms with Crippen LogP contribution in [0.5, 0.6) is 0 Å². The molecular weight excluding hydrogens is 400 g/mol. The Bertz CT molecular complexity index is 551. The molecule has 0 aromatic rings. The lowest BCUT2D eigenvalue weighted by molar-refractivity contribution is -0.360. The molecule has 170 valence electrons. The molecule has 3 heterocycles. The molecule has 8 N–H and O–H groups in total. The van der Waals surface area contributed by atoms with Crippen LogP contribution < -0.4 is 0 Å². The van der Waals surface area contributed by atoms with E-state index in [4.69, 9.17) is 23.7 Å². The predicted octanol–water partition coefficient (Wildman–Crippen LogP) is -5.27. The summed E-state index contributed by atoms with van der Waals surface area (Å²) in [5.41, 5.74) is -1.96. The van der Waals surface area contributed by atoms with Crippen molar-refractivity contribution in [1.29, 1.82) is 0 Å². The Balaban J connectivity index is 1.70. The molecule has 3 rings (SSSR count). The third kappa shape index (κ3) is 4.43. The Morgan fingerprint density at radius 1 is 0.897 bits per heavy atom. The highest BCUT2D eigenvalue weighted by atomic mass is 16.7. The lowest BCUT2D eigenvalue weighted by atomic mass is 9.98. The van der Waals surface area contributed by atoms with Crippen LogP contribution in [0.3, 0.4) is 0 Å². The molecule has 0 amide bonds. The molecule has 0 spiro atoms. The van der Waals surface area contributed by atoms with Gasteiger partial charge in [-0.2, -0.15) is 0 Å². The quantitative estimate of drug-likeness (QED) is 0.206. The molecular formula is C16H28O13. The van der Waals surface area contributed by atoms with Gasteiger partial charge in [0, 0.05) is 0 Å². The third-order valence-electron chi connectivity index (χ3n) is 5.39. The molecule has 0 saturated carbocycles. The average Bonchev–Trinajstić information content (AvgIpc) is 2.98. The van der Waals surface area contributed by atoms with Gasteiger partial charge in [-0.15, -0.1) is 0 Å². The van der Waals surface area contributed by atoms with Crippen molar-refractivity contribution in [1.82, 2.24) is 0 Å². The fourth-order valence-electron chi connectivity index (χ4n) is 3.41. The summed E-state index contributed by atoms with van der Waals surface area (Å²) in [7, 11) is 0. The van der Waals surface area contributed by atoms with E-state index in [9.17, 15) is 40.9 Å². The van der Waals surface area contributed by atoms with Crippen LogP contribution in [0.15, 0.2) is 0 Å². The summed E-state index contributed by atoms with van der Waals surface area (Å²) < 4.78 is 26.2. The van der Waals surface area contributed by atoms with Crippen LogP contribution in [0, 0.1) is 0 Å². The van der Waals surface area contributed by atoms with Crippen molar-refractivity contribution in [3.05, 3.63) is 0 Å². The van der Waals surface area contributed by atoms with Gasteiger partial charge in [0.05, 0.1) is 25.9 Å². The molecule has 3 fully saturated rings. The highest BCUT2D eigenvalue weighted by molar-refractivity contribution is 4.96. The minimum Gasteiger partial charge on any atom is -0.393 e. The van der Waals surface area contributed by atoms with Gasteiger partial charge in [-0.3, -0.25) is 0 Å². The number of aliphatic hydroxyl groups excluding tert-OH is 7. The second kappa shape index (κ2) is 8.92. The SMILES string of the molecule is C[C@@H]1O[C@@H](O[C@@H]2[C@@H](O)[C@@H](O)CO[C@H]2O)[C@H](O)[C@H](O[C@@H]2OC[C@](O)(CO)[C@H]2O)[C@H]1O. The van der Waals surface area contributed by atoms with Crippen molar-refractivity contribution in [3.8, 4) is 0 Å². The van der Waals surface area contributed by atoms with Gasteiger partial charge in [-0.1, -0.05) is 0 Å². The summed E-state index contributed by atoms with van der Waals surface area (Å²) in [6.45, 7) is -0.106. The molecule has 3 aliphatic rings. The van der Waals surface area contributed by atoms with Crippen molar-refractivity contribution >= 4 is 0 Å². The zero-order valence-electron chi connectivity index (χ0n) is 15.6. The van der Waals surface area contributed by atoms with Gasteiger partial charge in [0.1, 0.15) is 48.3 Å². The van der Waals surface area contributed by atoms with Crippen LogP contribution in [-0.2, 0) is 23.7 Å². The van der Waals surface area contributed by atoms with E-state index < -0.39 is 86.5 Å². The summed E-state index contributed by atoms with van der Waals surface area (Å²) in [5.74, 6) is 0. The van der Waals surface area contributed by atoms with Crippen molar-refractivity contribution in [3.63, 3.8) is 0 Å². The summed E-state index contributed by atoms with van der Waals surface area (Å²) in [5, 5.41) is 79.8. The van der Waals surface area contributed by atoms with E-state index in [-0.39, 0.29) is 6.61 Å². The molecule has 12 atom stereocenters. The van der Waals surface area contributed by atoms with E-state index in [0.717, 1.165) is 0 Å². The van der Waals surface area contributed by atoms with E-state index in [2.05, 4.69) is 0 Å². The second-order valence-electron chi connectivity index (χ2n) is 7.56. The van der Waals surface area contributed by atoms with Crippen LogP contribution in [0.25, 0.3) is 0 Å². The maximum atomic E-state index is 10.6. The van der Waals surface area contributed by atoms with Crippen LogP contribution in [-0.4, -0.2) is 134 Å². The summed E-state index contributed by atoms with van der Waals surface area (Å²) in [6, 6.07) is 0. The zero-order chi connectivity index (χ0) is 21.5. The molecule has 29 heavy (non-hydrogen) atoms. The second-order valence-corrected chi connectivity index (χ2v) is 7.56. The van der Waals surface area contributed by atoms with Crippen LogP contribution in [0.4, 0.5) is 0 Å². The number of rotatable bonds is 5. The summed E-state index contributed by atoms with van der Waals surface area (Å²) in [4.78, 5) is 0. The molecule has 3 saturated heterocycles. The third-order valence-corrected chi connectivity index (χ3v) is 5.39. The number of ether oxygens (including phenoxy) is 5. The highest BCUT2D eigenvalue weighted by Gasteiger charge is 2.53. The number of hydrogen-bond donors (Lipinski definition) is 8. The number of hydrogen-bond acceptors (Lipinski definition) is 13. The van der Waals surface area contributed by atoms with Crippen molar-refractivity contribution in [2.24, 2.45) is 0 Å². The summed E-state index contributed by atoms with van der Waals surface area (Å²) >= 11 is 0. The van der Waals surface area contributed by atoms with Crippen molar-refractivity contribution in [2.45, 2.75) is 80.2 Å². The Hall–Kier alpha value is -0.520. The highest BCUT2D eigenvalue weighted by Crippen LogP contribution is 2.32. The Morgan fingerprint density at radius 3 is 2.17 bits per heavy atom. The van der Waals surface area contributed by atoms with E-state index in [1.54, 1.807) is 0 Å². The van der Waals surface area contributed by atoms with E-state index >= 15 is 0 Å². The minimum absolute atomic E-state index is 0.318. The molecule has 0 aliphatic carbocycles.